The van der Waals surface area contributed by atoms with Crippen molar-refractivity contribution in [2.45, 2.75) is 59.4 Å². The van der Waals surface area contributed by atoms with Gasteiger partial charge >= 0.3 is 0 Å². The summed E-state index contributed by atoms with van der Waals surface area (Å²) in [7, 11) is 0. The molecule has 1 atom stereocenters. The van der Waals surface area contributed by atoms with Crippen LogP contribution in [0.4, 0.5) is 0 Å². The second-order valence-electron chi connectivity index (χ2n) is 4.79. The van der Waals surface area contributed by atoms with Crippen LogP contribution in [0.5, 0.6) is 0 Å². The quantitative estimate of drug-likeness (QED) is 0.565. The average Bonchev–Trinajstić information content (AvgIpc) is 2.19. The van der Waals surface area contributed by atoms with Gasteiger partial charge in [-0.15, -0.1) is 0 Å². The molecule has 0 aliphatic rings. The highest BCUT2D eigenvalue weighted by Crippen LogP contribution is 2.01. The fourth-order valence-corrected chi connectivity index (χ4v) is 1.41. The highest BCUT2D eigenvalue weighted by atomic mass is 16.5. The van der Waals surface area contributed by atoms with Crippen molar-refractivity contribution in [2.75, 3.05) is 19.8 Å². The molecule has 1 unspecified atom stereocenters. The molecule has 0 aliphatic heterocycles. The van der Waals surface area contributed by atoms with Crippen LogP contribution in [0.25, 0.3) is 0 Å². The van der Waals surface area contributed by atoms with Crippen molar-refractivity contribution in [1.29, 1.82) is 0 Å². The van der Waals surface area contributed by atoms with Gasteiger partial charge in [-0.05, 0) is 45.1 Å². The molecule has 0 fully saturated rings. The lowest BCUT2D eigenvalue weighted by Gasteiger charge is -2.13. The maximum atomic E-state index is 5.57. The van der Waals surface area contributed by atoms with Crippen LogP contribution in [0, 0.1) is 5.92 Å². The minimum Gasteiger partial charge on any atom is -0.381 e. The molecule has 1 N–H and O–H groups in total. The molecular formula is C13H29NO. The molecule has 2 nitrogen and oxygen atoms in total. The van der Waals surface area contributed by atoms with Gasteiger partial charge in [-0.1, -0.05) is 20.8 Å². The van der Waals surface area contributed by atoms with E-state index in [0.717, 1.165) is 25.7 Å². The molecule has 0 aromatic rings. The summed E-state index contributed by atoms with van der Waals surface area (Å²) < 4.78 is 5.57. The van der Waals surface area contributed by atoms with E-state index in [1.807, 2.05) is 0 Å². The third kappa shape index (κ3) is 11.8. The molecule has 0 rings (SSSR count). The Hall–Kier alpha value is -0.0800. The van der Waals surface area contributed by atoms with E-state index in [2.05, 4.69) is 33.0 Å². The molecule has 0 aromatic carbocycles. The first kappa shape index (κ1) is 14.9. The molecule has 0 aliphatic carbocycles. The lowest BCUT2D eigenvalue weighted by atomic mass is 10.1. The van der Waals surface area contributed by atoms with Gasteiger partial charge in [0.05, 0.1) is 0 Å². The Morgan fingerprint density at radius 2 is 1.80 bits per heavy atom. The Balaban J connectivity index is 3.09. The molecular weight excluding hydrogens is 186 g/mol. The van der Waals surface area contributed by atoms with Gasteiger partial charge in [0.1, 0.15) is 0 Å². The zero-order valence-corrected chi connectivity index (χ0v) is 11.0. The maximum Gasteiger partial charge on any atom is 0.0468 e. The third-order valence-corrected chi connectivity index (χ3v) is 2.51. The fraction of sp³-hybridized carbons (Fsp3) is 1.00. The molecule has 0 saturated carbocycles. The molecule has 0 amide bonds. The molecule has 92 valence electrons. The van der Waals surface area contributed by atoms with Crippen LogP contribution in [0.15, 0.2) is 0 Å². The Morgan fingerprint density at radius 1 is 1.07 bits per heavy atom. The first-order valence-electron chi connectivity index (χ1n) is 6.48. The Bertz CT molecular complexity index is 126. The van der Waals surface area contributed by atoms with Crippen LogP contribution in [-0.2, 0) is 4.74 Å². The molecule has 0 radical (unpaired) electrons. The van der Waals surface area contributed by atoms with Crippen LogP contribution in [0.3, 0.4) is 0 Å². The van der Waals surface area contributed by atoms with Crippen molar-refractivity contribution in [3.8, 4) is 0 Å². The number of rotatable bonds is 10. The van der Waals surface area contributed by atoms with E-state index in [9.17, 15) is 0 Å². The largest absolute Gasteiger partial charge is 0.381 e. The monoisotopic (exact) mass is 215 g/mol. The van der Waals surface area contributed by atoms with Gasteiger partial charge in [0.2, 0.25) is 0 Å². The Kier molecular flexibility index (Phi) is 10.4. The van der Waals surface area contributed by atoms with Crippen molar-refractivity contribution in [1.82, 2.24) is 5.32 Å². The number of ether oxygens (including phenoxy) is 1. The first-order valence-corrected chi connectivity index (χ1v) is 6.48. The van der Waals surface area contributed by atoms with Gasteiger partial charge in [-0.25, -0.2) is 0 Å². The van der Waals surface area contributed by atoms with Gasteiger partial charge in [0.15, 0.2) is 0 Å². The van der Waals surface area contributed by atoms with Crippen molar-refractivity contribution >= 4 is 0 Å². The van der Waals surface area contributed by atoms with Crippen LogP contribution >= 0.6 is 0 Å². The summed E-state index contributed by atoms with van der Waals surface area (Å²) in [4.78, 5) is 0. The molecule has 0 aromatic heterocycles. The topological polar surface area (TPSA) is 21.3 Å². The highest BCUT2D eigenvalue weighted by molar-refractivity contribution is 4.59. The zero-order chi connectivity index (χ0) is 11.5. The summed E-state index contributed by atoms with van der Waals surface area (Å²) in [5, 5.41) is 3.49. The molecule has 0 bridgehead atoms. The van der Waals surface area contributed by atoms with Gasteiger partial charge in [-0.2, -0.15) is 0 Å². The van der Waals surface area contributed by atoms with E-state index in [-0.39, 0.29) is 0 Å². The number of nitrogens with one attached hydrogen (secondary N) is 1. The van der Waals surface area contributed by atoms with E-state index in [0.29, 0.717) is 6.04 Å². The highest BCUT2D eigenvalue weighted by Gasteiger charge is 2.00. The van der Waals surface area contributed by atoms with Crippen LogP contribution in [0.1, 0.15) is 53.4 Å². The van der Waals surface area contributed by atoms with E-state index in [1.54, 1.807) is 0 Å². The summed E-state index contributed by atoms with van der Waals surface area (Å²) in [6.45, 7) is 11.9. The molecule has 2 heteroatoms. The lowest BCUT2D eigenvalue weighted by Crippen LogP contribution is -2.26. The second-order valence-corrected chi connectivity index (χ2v) is 4.79. The standard InChI is InChI=1S/C13H29NO/c1-5-9-14-13(4)7-6-10-15-11-8-12(2)3/h12-14H,5-11H2,1-4H3. The summed E-state index contributed by atoms with van der Waals surface area (Å²) in [6, 6.07) is 0.638. The van der Waals surface area contributed by atoms with Crippen molar-refractivity contribution in [2.24, 2.45) is 5.92 Å². The zero-order valence-electron chi connectivity index (χ0n) is 11.0. The van der Waals surface area contributed by atoms with Crippen molar-refractivity contribution in [3.63, 3.8) is 0 Å². The SMILES string of the molecule is CCCNC(C)CCCOCCC(C)C. The van der Waals surface area contributed by atoms with E-state index >= 15 is 0 Å². The van der Waals surface area contributed by atoms with Gasteiger partial charge in [0.25, 0.3) is 0 Å². The summed E-state index contributed by atoms with van der Waals surface area (Å²) in [5.41, 5.74) is 0. The normalized spacial score (nSPS) is 13.4. The maximum absolute atomic E-state index is 5.57. The molecule has 15 heavy (non-hydrogen) atoms. The van der Waals surface area contributed by atoms with Gasteiger partial charge in [0, 0.05) is 19.3 Å². The number of hydrogen-bond donors (Lipinski definition) is 1. The smallest absolute Gasteiger partial charge is 0.0468 e. The molecule has 0 spiro atoms. The minimum absolute atomic E-state index is 0.638. The van der Waals surface area contributed by atoms with Gasteiger partial charge in [-0.3, -0.25) is 0 Å². The van der Waals surface area contributed by atoms with Crippen molar-refractivity contribution in [3.05, 3.63) is 0 Å². The number of hydrogen-bond acceptors (Lipinski definition) is 2. The van der Waals surface area contributed by atoms with E-state index in [4.69, 9.17) is 4.74 Å². The predicted molar refractivity (Wildman–Crippen MR) is 67.3 cm³/mol. The average molecular weight is 215 g/mol. The summed E-state index contributed by atoms with van der Waals surface area (Å²) in [6.07, 6.45) is 4.80. The van der Waals surface area contributed by atoms with E-state index in [1.165, 1.54) is 25.7 Å². The Labute approximate surface area is 95.8 Å². The molecule has 0 heterocycles. The van der Waals surface area contributed by atoms with Crippen LogP contribution in [0.2, 0.25) is 0 Å². The van der Waals surface area contributed by atoms with Gasteiger partial charge < -0.3 is 10.1 Å². The first-order chi connectivity index (χ1) is 7.16. The predicted octanol–water partition coefficient (Wildman–Crippen LogP) is 3.22. The fourth-order valence-electron chi connectivity index (χ4n) is 1.41. The lowest BCUT2D eigenvalue weighted by molar-refractivity contribution is 0.118. The van der Waals surface area contributed by atoms with E-state index < -0.39 is 0 Å². The van der Waals surface area contributed by atoms with Crippen molar-refractivity contribution < 1.29 is 4.74 Å². The third-order valence-electron chi connectivity index (χ3n) is 2.51. The Morgan fingerprint density at radius 3 is 2.40 bits per heavy atom. The van der Waals surface area contributed by atoms with Crippen LogP contribution < -0.4 is 5.32 Å². The minimum atomic E-state index is 0.638. The summed E-state index contributed by atoms with van der Waals surface area (Å²) in [5.74, 6) is 0.759. The summed E-state index contributed by atoms with van der Waals surface area (Å²) >= 11 is 0. The van der Waals surface area contributed by atoms with Crippen LogP contribution in [-0.4, -0.2) is 25.8 Å². The second kappa shape index (κ2) is 10.4. The molecule has 0 saturated heterocycles.